The maximum atomic E-state index is 12.0. The Kier molecular flexibility index (Phi) is 6.70. The predicted octanol–water partition coefficient (Wildman–Crippen LogP) is 2.53. The van der Waals surface area contributed by atoms with Crippen molar-refractivity contribution in [2.45, 2.75) is 90.1 Å². The molecule has 1 amide bonds. The number of piperazine rings is 2. The van der Waals surface area contributed by atoms with Crippen LogP contribution in [0.1, 0.15) is 60.3 Å². The topological polar surface area (TPSA) is 48.1 Å². The minimum Gasteiger partial charge on any atom is -0.444 e. The van der Waals surface area contributed by atoms with Crippen LogP contribution in [0.25, 0.3) is 0 Å². The number of hydrogen-bond donors (Lipinski definition) is 1. The Labute approximate surface area is 165 Å². The van der Waals surface area contributed by atoms with E-state index in [0.29, 0.717) is 12.1 Å². The summed E-state index contributed by atoms with van der Waals surface area (Å²) in [5, 5.41) is 3.47. The van der Waals surface area contributed by atoms with Crippen LogP contribution in [0, 0.1) is 0 Å². The molecule has 0 aromatic carbocycles. The monoisotopic (exact) mass is 380 g/mol. The summed E-state index contributed by atoms with van der Waals surface area (Å²) in [5.41, 5.74) is -0.391. The first kappa shape index (κ1) is 20.9. The second kappa shape index (κ2) is 8.66. The van der Waals surface area contributed by atoms with Crippen molar-refractivity contribution in [1.29, 1.82) is 0 Å². The molecule has 1 N–H and O–H groups in total. The molecule has 4 rings (SSSR count). The summed E-state index contributed by atoms with van der Waals surface area (Å²) in [4.78, 5) is 19.1. The molecule has 0 spiro atoms. The first-order valence-electron chi connectivity index (χ1n) is 11.0. The molecule has 6 heteroatoms. The minimum atomic E-state index is -0.391. The molecule has 0 radical (unpaired) electrons. The zero-order valence-electron chi connectivity index (χ0n) is 18.0. The number of rotatable bonds is 2. The molecular weight excluding hydrogens is 340 g/mol. The quantitative estimate of drug-likeness (QED) is 0.798. The van der Waals surface area contributed by atoms with Crippen LogP contribution >= 0.6 is 0 Å². The number of fused-ring (bicyclic) bond motifs is 4. The van der Waals surface area contributed by atoms with Gasteiger partial charge in [0, 0.05) is 50.3 Å². The second-order valence-corrected chi connectivity index (χ2v) is 9.47. The molecule has 4 atom stereocenters. The minimum absolute atomic E-state index is 0.148. The summed E-state index contributed by atoms with van der Waals surface area (Å²) in [5.74, 6) is 0. The van der Waals surface area contributed by atoms with Gasteiger partial charge in [-0.05, 0) is 59.5 Å². The lowest BCUT2D eigenvalue weighted by atomic mass is 10.2. The summed E-state index contributed by atoms with van der Waals surface area (Å²) in [6.07, 6.45) is 5.14. The average Bonchev–Trinajstić information content (AvgIpc) is 2.99. The molecule has 0 aromatic rings. The highest BCUT2D eigenvalue weighted by atomic mass is 16.6. The number of nitrogens with zero attached hydrogens (tertiary/aromatic N) is 3. The van der Waals surface area contributed by atoms with E-state index in [0.717, 1.165) is 31.7 Å². The van der Waals surface area contributed by atoms with Crippen molar-refractivity contribution in [2.75, 3.05) is 39.3 Å². The van der Waals surface area contributed by atoms with Gasteiger partial charge in [0.1, 0.15) is 5.60 Å². The molecule has 6 nitrogen and oxygen atoms in total. The van der Waals surface area contributed by atoms with E-state index in [9.17, 15) is 4.79 Å². The molecule has 0 aliphatic carbocycles. The third-order valence-corrected chi connectivity index (χ3v) is 6.55. The molecule has 4 heterocycles. The maximum absolute atomic E-state index is 12.0. The lowest BCUT2D eigenvalue weighted by molar-refractivity contribution is 0.00235. The number of carbonyl (C=O) groups excluding carboxylic acids is 1. The summed E-state index contributed by atoms with van der Waals surface area (Å²) in [6, 6.07) is 2.82. The highest BCUT2D eigenvalue weighted by Crippen LogP contribution is 2.30. The molecule has 0 saturated carbocycles. The largest absolute Gasteiger partial charge is 0.444 e. The molecule has 0 aromatic heterocycles. The number of ether oxygens (including phenoxy) is 1. The van der Waals surface area contributed by atoms with Crippen LogP contribution in [0.5, 0.6) is 0 Å². The van der Waals surface area contributed by atoms with Gasteiger partial charge in [0.25, 0.3) is 0 Å². The summed E-state index contributed by atoms with van der Waals surface area (Å²) >= 11 is 0. The Bertz CT molecular complexity index is 477. The average molecular weight is 381 g/mol. The fourth-order valence-corrected chi connectivity index (χ4v) is 5.37. The number of hydrogen-bond acceptors (Lipinski definition) is 5. The number of likely N-dealkylation sites (N-methyl/N-ethyl adjacent to an activating group) is 2. The van der Waals surface area contributed by atoms with Crippen LogP contribution in [0.3, 0.4) is 0 Å². The summed E-state index contributed by atoms with van der Waals surface area (Å²) in [6.45, 7) is 16.7. The molecule has 4 saturated heterocycles. The lowest BCUT2D eigenvalue weighted by Crippen LogP contribution is -2.55. The van der Waals surface area contributed by atoms with Crippen LogP contribution < -0.4 is 5.32 Å². The Morgan fingerprint density at radius 2 is 1.33 bits per heavy atom. The van der Waals surface area contributed by atoms with Gasteiger partial charge in [-0.25, -0.2) is 4.79 Å². The molecule has 156 valence electrons. The molecule has 4 unspecified atom stereocenters. The van der Waals surface area contributed by atoms with Gasteiger partial charge in [0.05, 0.1) is 0 Å². The van der Waals surface area contributed by atoms with Gasteiger partial charge in [-0.3, -0.25) is 9.80 Å². The lowest BCUT2D eigenvalue weighted by Gasteiger charge is -2.40. The van der Waals surface area contributed by atoms with Crippen molar-refractivity contribution in [2.24, 2.45) is 0 Å². The summed E-state index contributed by atoms with van der Waals surface area (Å²) < 4.78 is 5.44. The van der Waals surface area contributed by atoms with Crippen molar-refractivity contribution in [3.63, 3.8) is 0 Å². The van der Waals surface area contributed by atoms with E-state index in [1.807, 2.05) is 25.7 Å². The van der Waals surface area contributed by atoms with Gasteiger partial charge in [0.2, 0.25) is 0 Å². The second-order valence-electron chi connectivity index (χ2n) is 9.47. The van der Waals surface area contributed by atoms with E-state index in [4.69, 9.17) is 4.74 Å². The standard InChI is InChI=1S/C13H24N2O2.C8H16N2/c1-5-15-10-6-7-11(15)9-14(8-10)12(16)17-13(2,3)4;1-2-10-7-3-4-8(10)6-9-5-7/h10-11H,5-9H2,1-4H3;7-9H,2-6H2,1H3. The fraction of sp³-hybridized carbons (Fsp3) is 0.952. The molecule has 4 fully saturated rings. The zero-order chi connectivity index (χ0) is 19.6. The van der Waals surface area contributed by atoms with Gasteiger partial charge in [-0.1, -0.05) is 13.8 Å². The Balaban J connectivity index is 0.000000177. The Morgan fingerprint density at radius 3 is 1.74 bits per heavy atom. The van der Waals surface area contributed by atoms with Gasteiger partial charge >= 0.3 is 6.09 Å². The predicted molar refractivity (Wildman–Crippen MR) is 109 cm³/mol. The SMILES string of the molecule is CCN1C2CCC1CN(C(=O)OC(C)(C)C)C2.CCN1C2CCC1CNC2. The highest BCUT2D eigenvalue weighted by Gasteiger charge is 2.41. The third kappa shape index (κ3) is 4.96. The number of amides is 1. The first-order chi connectivity index (χ1) is 12.8. The van der Waals surface area contributed by atoms with E-state index in [1.165, 1.54) is 45.3 Å². The molecule has 4 aliphatic rings. The van der Waals surface area contributed by atoms with Crippen molar-refractivity contribution in [3.8, 4) is 0 Å². The number of nitrogens with one attached hydrogen (secondary N) is 1. The van der Waals surface area contributed by atoms with E-state index >= 15 is 0 Å². The fourth-order valence-electron chi connectivity index (χ4n) is 5.37. The molecule has 4 aliphatic heterocycles. The van der Waals surface area contributed by atoms with E-state index < -0.39 is 5.60 Å². The van der Waals surface area contributed by atoms with Crippen molar-refractivity contribution < 1.29 is 9.53 Å². The van der Waals surface area contributed by atoms with Gasteiger partial charge < -0.3 is 15.0 Å². The van der Waals surface area contributed by atoms with E-state index in [-0.39, 0.29) is 6.09 Å². The van der Waals surface area contributed by atoms with Crippen molar-refractivity contribution in [3.05, 3.63) is 0 Å². The van der Waals surface area contributed by atoms with E-state index in [2.05, 4.69) is 29.0 Å². The molecule has 27 heavy (non-hydrogen) atoms. The maximum Gasteiger partial charge on any atom is 0.410 e. The highest BCUT2D eigenvalue weighted by molar-refractivity contribution is 5.68. The van der Waals surface area contributed by atoms with Crippen LogP contribution in [-0.2, 0) is 4.74 Å². The molecule has 4 bridgehead atoms. The summed E-state index contributed by atoms with van der Waals surface area (Å²) in [7, 11) is 0. The van der Waals surface area contributed by atoms with Gasteiger partial charge in [0.15, 0.2) is 0 Å². The van der Waals surface area contributed by atoms with Crippen LogP contribution in [-0.4, -0.2) is 89.8 Å². The Morgan fingerprint density at radius 1 is 0.889 bits per heavy atom. The van der Waals surface area contributed by atoms with Crippen LogP contribution in [0.4, 0.5) is 4.79 Å². The van der Waals surface area contributed by atoms with Crippen LogP contribution in [0.2, 0.25) is 0 Å². The first-order valence-corrected chi connectivity index (χ1v) is 11.0. The van der Waals surface area contributed by atoms with Crippen LogP contribution in [0.15, 0.2) is 0 Å². The zero-order valence-corrected chi connectivity index (χ0v) is 18.0. The smallest absolute Gasteiger partial charge is 0.410 e. The van der Waals surface area contributed by atoms with Gasteiger partial charge in [-0.2, -0.15) is 0 Å². The van der Waals surface area contributed by atoms with Crippen molar-refractivity contribution >= 4 is 6.09 Å². The molecular formula is C21H40N4O2. The number of likely N-dealkylation sites (tertiary alicyclic amines) is 1. The van der Waals surface area contributed by atoms with Gasteiger partial charge in [-0.15, -0.1) is 0 Å². The third-order valence-electron chi connectivity index (χ3n) is 6.55. The Hall–Kier alpha value is -0.850. The van der Waals surface area contributed by atoms with E-state index in [1.54, 1.807) is 0 Å². The normalized spacial score (nSPS) is 33.6. The van der Waals surface area contributed by atoms with Crippen molar-refractivity contribution in [1.82, 2.24) is 20.0 Å². The number of carbonyl (C=O) groups is 1.